The van der Waals surface area contributed by atoms with E-state index >= 15 is 0 Å². The lowest BCUT2D eigenvalue weighted by Gasteiger charge is -2.36. The van der Waals surface area contributed by atoms with E-state index in [1.54, 1.807) is 6.07 Å². The van der Waals surface area contributed by atoms with Crippen LogP contribution in [0.2, 0.25) is 0 Å². The number of aromatic nitrogens is 3. The standard InChI is InChI=1S/C23H25F2N7O2/c1-13(11-22(7-8-22)31-10-6-14-3-2-9-28-16(14)12-31)29-20-15-4-5-17-19(34-23(24,25)33-17)18(15)30-21(26)32(20)27/h2-5,9,13H,6-8,10-12,27H2,1H3,(H2,26,30). The number of ether oxygens (including phenoxy) is 2. The zero-order chi connectivity index (χ0) is 23.7. The Bertz CT molecular complexity index is 1370. The fourth-order valence-corrected chi connectivity index (χ4v) is 5.19. The highest BCUT2D eigenvalue weighted by molar-refractivity contribution is 5.87. The first-order chi connectivity index (χ1) is 16.2. The highest BCUT2D eigenvalue weighted by Crippen LogP contribution is 2.48. The van der Waals surface area contributed by atoms with E-state index in [1.165, 1.54) is 16.3 Å². The molecule has 3 aliphatic rings. The second kappa shape index (κ2) is 7.26. The molecule has 0 amide bonds. The predicted molar refractivity (Wildman–Crippen MR) is 120 cm³/mol. The Morgan fingerprint density at radius 2 is 2.06 bits per heavy atom. The van der Waals surface area contributed by atoms with Gasteiger partial charge in [-0.1, -0.05) is 6.07 Å². The maximum Gasteiger partial charge on any atom is 0.586 e. The molecule has 4 heterocycles. The highest BCUT2D eigenvalue weighted by atomic mass is 19.3. The van der Waals surface area contributed by atoms with Crippen LogP contribution in [0.1, 0.15) is 37.4 Å². The molecule has 1 fully saturated rings. The maximum atomic E-state index is 13.7. The minimum Gasteiger partial charge on any atom is -0.395 e. The topological polar surface area (TPSA) is 117 Å². The van der Waals surface area contributed by atoms with Crippen LogP contribution in [0.15, 0.2) is 35.5 Å². The van der Waals surface area contributed by atoms with Crippen LogP contribution in [0, 0.1) is 0 Å². The summed E-state index contributed by atoms with van der Waals surface area (Å²) in [5.74, 6) is 5.83. The third-order valence-electron chi connectivity index (χ3n) is 6.98. The lowest BCUT2D eigenvalue weighted by molar-refractivity contribution is -0.286. The molecule has 1 aromatic carbocycles. The van der Waals surface area contributed by atoms with E-state index in [0.29, 0.717) is 10.9 Å². The van der Waals surface area contributed by atoms with Gasteiger partial charge >= 0.3 is 6.29 Å². The number of anilines is 1. The van der Waals surface area contributed by atoms with Gasteiger partial charge in [-0.2, -0.15) is 0 Å². The third kappa shape index (κ3) is 3.42. The van der Waals surface area contributed by atoms with Crippen LogP contribution in [0.5, 0.6) is 11.5 Å². The van der Waals surface area contributed by atoms with Crippen molar-refractivity contribution >= 4 is 16.9 Å². The van der Waals surface area contributed by atoms with Gasteiger partial charge in [0.2, 0.25) is 5.95 Å². The Kier molecular flexibility index (Phi) is 4.50. The van der Waals surface area contributed by atoms with Gasteiger partial charge in [-0.15, -0.1) is 8.78 Å². The Morgan fingerprint density at radius 1 is 1.24 bits per heavy atom. The van der Waals surface area contributed by atoms with Crippen molar-refractivity contribution in [1.82, 2.24) is 19.5 Å². The van der Waals surface area contributed by atoms with E-state index in [1.807, 2.05) is 19.2 Å². The number of rotatable bonds is 4. The largest absolute Gasteiger partial charge is 0.586 e. The van der Waals surface area contributed by atoms with Gasteiger partial charge in [0.05, 0.1) is 11.7 Å². The van der Waals surface area contributed by atoms with E-state index in [4.69, 9.17) is 16.6 Å². The number of hydrogen-bond acceptors (Lipinski definition) is 8. The molecule has 34 heavy (non-hydrogen) atoms. The molecule has 1 atom stereocenters. The van der Waals surface area contributed by atoms with Crippen LogP contribution in [0.3, 0.4) is 0 Å². The summed E-state index contributed by atoms with van der Waals surface area (Å²) < 4.78 is 37.7. The summed E-state index contributed by atoms with van der Waals surface area (Å²) >= 11 is 0. The summed E-state index contributed by atoms with van der Waals surface area (Å²) in [5, 5.41) is 0.463. The third-order valence-corrected chi connectivity index (χ3v) is 6.98. The van der Waals surface area contributed by atoms with Gasteiger partial charge in [0.15, 0.2) is 17.0 Å². The molecule has 1 aliphatic carbocycles. The quantitative estimate of drug-likeness (QED) is 0.563. The van der Waals surface area contributed by atoms with Gasteiger partial charge in [0, 0.05) is 30.2 Å². The van der Waals surface area contributed by atoms with Gasteiger partial charge in [0.1, 0.15) is 5.52 Å². The predicted octanol–water partition coefficient (Wildman–Crippen LogP) is 2.32. The van der Waals surface area contributed by atoms with Crippen molar-refractivity contribution in [3.63, 3.8) is 0 Å². The van der Waals surface area contributed by atoms with Gasteiger partial charge in [-0.25, -0.2) is 9.66 Å². The lowest BCUT2D eigenvalue weighted by atomic mass is 9.99. The van der Waals surface area contributed by atoms with Crippen molar-refractivity contribution < 1.29 is 18.3 Å². The summed E-state index contributed by atoms with van der Waals surface area (Å²) in [5.41, 5.74) is 9.03. The molecule has 2 aliphatic heterocycles. The monoisotopic (exact) mass is 469 g/mol. The summed E-state index contributed by atoms with van der Waals surface area (Å²) in [6.45, 7) is 3.85. The van der Waals surface area contributed by atoms with Crippen LogP contribution in [0.25, 0.3) is 10.9 Å². The minimum absolute atomic E-state index is 0.0643. The molecular formula is C23H25F2N7O2. The molecule has 1 saturated carbocycles. The molecule has 178 valence electrons. The van der Waals surface area contributed by atoms with E-state index in [0.717, 1.165) is 44.5 Å². The van der Waals surface area contributed by atoms with Crippen molar-refractivity contribution in [2.24, 2.45) is 4.99 Å². The first-order valence-electron chi connectivity index (χ1n) is 11.3. The zero-order valence-corrected chi connectivity index (χ0v) is 18.7. The molecule has 11 heteroatoms. The van der Waals surface area contributed by atoms with E-state index in [2.05, 4.69) is 30.4 Å². The molecule has 4 N–H and O–H groups in total. The Morgan fingerprint density at radius 3 is 2.85 bits per heavy atom. The maximum absolute atomic E-state index is 13.7. The van der Waals surface area contributed by atoms with Gasteiger partial charge in [-0.05, 0) is 56.4 Å². The summed E-state index contributed by atoms with van der Waals surface area (Å²) in [6, 6.07) is 7.04. The number of nitrogens with zero attached hydrogens (tertiary/aromatic N) is 5. The van der Waals surface area contributed by atoms with Crippen LogP contribution in [-0.2, 0) is 13.0 Å². The van der Waals surface area contributed by atoms with Crippen LogP contribution in [-0.4, -0.2) is 44.0 Å². The molecule has 0 saturated heterocycles. The normalized spacial score (nSPS) is 21.4. The van der Waals surface area contributed by atoms with E-state index < -0.39 is 6.29 Å². The molecule has 9 nitrogen and oxygen atoms in total. The first kappa shape index (κ1) is 21.1. The highest BCUT2D eigenvalue weighted by Gasteiger charge is 2.49. The molecule has 0 spiro atoms. The van der Waals surface area contributed by atoms with Gasteiger partial charge in [-0.3, -0.25) is 14.9 Å². The summed E-state index contributed by atoms with van der Waals surface area (Å²) in [6.07, 6.45) is 2.12. The molecule has 0 radical (unpaired) electrons. The van der Waals surface area contributed by atoms with Crippen molar-refractivity contribution in [3.05, 3.63) is 47.2 Å². The van der Waals surface area contributed by atoms with Crippen LogP contribution < -0.4 is 26.5 Å². The first-order valence-corrected chi connectivity index (χ1v) is 11.3. The van der Waals surface area contributed by atoms with E-state index in [-0.39, 0.29) is 34.5 Å². The van der Waals surface area contributed by atoms with E-state index in [9.17, 15) is 8.78 Å². The minimum atomic E-state index is -3.76. The van der Waals surface area contributed by atoms with Crippen molar-refractivity contribution in [1.29, 1.82) is 0 Å². The number of fused-ring (bicyclic) bond motifs is 4. The molecular weight excluding hydrogens is 444 g/mol. The number of halogens is 2. The van der Waals surface area contributed by atoms with Crippen molar-refractivity contribution in [2.45, 2.75) is 57.0 Å². The van der Waals surface area contributed by atoms with Crippen molar-refractivity contribution in [3.8, 4) is 11.5 Å². The van der Waals surface area contributed by atoms with Gasteiger partial charge < -0.3 is 21.1 Å². The number of alkyl halides is 2. The lowest BCUT2D eigenvalue weighted by Crippen LogP contribution is -2.43. The average Bonchev–Trinajstić information content (AvgIpc) is 3.50. The zero-order valence-electron chi connectivity index (χ0n) is 18.7. The second-order valence-electron chi connectivity index (χ2n) is 9.31. The summed E-state index contributed by atoms with van der Waals surface area (Å²) in [4.78, 5) is 16.1. The number of hydrogen-bond donors (Lipinski definition) is 2. The van der Waals surface area contributed by atoms with Gasteiger partial charge in [0.25, 0.3) is 0 Å². The summed E-state index contributed by atoms with van der Waals surface area (Å²) in [7, 11) is 0. The number of benzene rings is 1. The molecule has 2 aromatic heterocycles. The fraction of sp³-hybridized carbons (Fsp3) is 0.435. The molecule has 6 rings (SSSR count). The van der Waals surface area contributed by atoms with Crippen molar-refractivity contribution in [2.75, 3.05) is 18.1 Å². The molecule has 3 aromatic rings. The second-order valence-corrected chi connectivity index (χ2v) is 9.31. The SMILES string of the molecule is CC(CC1(N2CCc3cccnc3C2)CC1)N=c1c2ccc3c(c2nc(N)n1N)OC(F)(F)O3. The number of nitrogens with two attached hydrogens (primary N) is 2. The number of pyridine rings is 1. The Labute approximate surface area is 194 Å². The Hall–Kier alpha value is -3.47. The van der Waals surface area contributed by atoms with Crippen LogP contribution >= 0.6 is 0 Å². The fourth-order valence-electron chi connectivity index (χ4n) is 5.19. The Balaban J connectivity index is 1.33. The smallest absolute Gasteiger partial charge is 0.395 e. The molecule has 1 unspecified atom stereocenters. The molecule has 0 bridgehead atoms. The van der Waals surface area contributed by atoms with Crippen LogP contribution in [0.4, 0.5) is 14.7 Å². The average molecular weight is 469 g/mol. The number of nitrogen functional groups attached to an aromatic ring is 2.